The highest BCUT2D eigenvalue weighted by molar-refractivity contribution is 6.30. The molecule has 1 atom stereocenters. The number of imidazole rings is 1. The molecule has 21 heavy (non-hydrogen) atoms. The van der Waals surface area contributed by atoms with E-state index in [-0.39, 0.29) is 11.1 Å². The summed E-state index contributed by atoms with van der Waals surface area (Å²) < 4.78 is 13.4. The zero-order valence-corrected chi connectivity index (χ0v) is 12.3. The maximum Gasteiger partial charge on any atom is 0.142 e. The number of hydrogen-bond acceptors (Lipinski definition) is 2. The van der Waals surface area contributed by atoms with Crippen molar-refractivity contribution in [3.63, 3.8) is 0 Å². The fraction of sp³-hybridized carbons (Fsp3) is 0.188. The van der Waals surface area contributed by atoms with E-state index in [9.17, 15) is 4.39 Å². The Kier molecular flexibility index (Phi) is 3.90. The number of nitrogens with one attached hydrogen (secondary N) is 2. The number of benzene rings is 2. The van der Waals surface area contributed by atoms with Gasteiger partial charge in [-0.3, -0.25) is 0 Å². The van der Waals surface area contributed by atoms with Crippen LogP contribution in [0, 0.1) is 5.82 Å². The Morgan fingerprint density at radius 1 is 1.29 bits per heavy atom. The molecule has 108 valence electrons. The molecule has 2 aromatic carbocycles. The van der Waals surface area contributed by atoms with Gasteiger partial charge in [0.1, 0.15) is 11.6 Å². The van der Waals surface area contributed by atoms with Crippen molar-refractivity contribution in [2.24, 2.45) is 0 Å². The number of para-hydroxylation sites is 2. The van der Waals surface area contributed by atoms with Gasteiger partial charge in [0, 0.05) is 6.54 Å². The Morgan fingerprint density at radius 2 is 2.10 bits per heavy atom. The van der Waals surface area contributed by atoms with Gasteiger partial charge in [0.05, 0.1) is 22.1 Å². The van der Waals surface area contributed by atoms with Crippen LogP contribution in [0.2, 0.25) is 5.02 Å². The first-order valence-corrected chi connectivity index (χ1v) is 7.13. The number of halogens is 2. The van der Waals surface area contributed by atoms with Gasteiger partial charge in [0.25, 0.3) is 0 Å². The Bertz CT molecular complexity index is 736. The van der Waals surface area contributed by atoms with Gasteiger partial charge in [-0.05, 0) is 36.8 Å². The van der Waals surface area contributed by atoms with Crippen LogP contribution in [0.5, 0.6) is 0 Å². The standard InChI is InChI=1S/C16H15ClFN3/c1-10(16-20-14-4-2-3-5-15(14)21-16)19-9-11-6-7-12(17)13(18)8-11/h2-8,10,19H,9H2,1H3,(H,20,21). The molecule has 0 aliphatic rings. The number of aromatic amines is 1. The van der Waals surface area contributed by atoms with Crippen LogP contribution in [0.4, 0.5) is 4.39 Å². The van der Waals surface area contributed by atoms with Crippen LogP contribution < -0.4 is 5.32 Å². The van der Waals surface area contributed by atoms with Crippen molar-refractivity contribution < 1.29 is 4.39 Å². The van der Waals surface area contributed by atoms with Gasteiger partial charge in [0.15, 0.2) is 0 Å². The van der Waals surface area contributed by atoms with Crippen LogP contribution in [0.25, 0.3) is 11.0 Å². The second-order valence-electron chi connectivity index (χ2n) is 4.99. The van der Waals surface area contributed by atoms with Crippen LogP contribution in [0.3, 0.4) is 0 Å². The first-order valence-electron chi connectivity index (χ1n) is 6.75. The monoisotopic (exact) mass is 303 g/mol. The van der Waals surface area contributed by atoms with Gasteiger partial charge in [-0.1, -0.05) is 29.8 Å². The molecule has 0 radical (unpaired) electrons. The number of H-pyrrole nitrogens is 1. The highest BCUT2D eigenvalue weighted by Crippen LogP contribution is 2.18. The van der Waals surface area contributed by atoms with Crippen molar-refractivity contribution >= 4 is 22.6 Å². The second-order valence-corrected chi connectivity index (χ2v) is 5.40. The van der Waals surface area contributed by atoms with Crippen LogP contribution in [0.1, 0.15) is 24.4 Å². The van der Waals surface area contributed by atoms with Gasteiger partial charge < -0.3 is 10.3 Å². The lowest BCUT2D eigenvalue weighted by Crippen LogP contribution is -2.19. The highest BCUT2D eigenvalue weighted by atomic mass is 35.5. The van der Waals surface area contributed by atoms with Gasteiger partial charge in [0.2, 0.25) is 0 Å². The summed E-state index contributed by atoms with van der Waals surface area (Å²) in [6.07, 6.45) is 0. The summed E-state index contributed by atoms with van der Waals surface area (Å²) in [6.45, 7) is 2.57. The summed E-state index contributed by atoms with van der Waals surface area (Å²) >= 11 is 5.67. The number of nitrogens with zero attached hydrogens (tertiary/aromatic N) is 1. The maximum absolute atomic E-state index is 13.4. The molecular formula is C16H15ClFN3. The van der Waals surface area contributed by atoms with Crippen molar-refractivity contribution in [2.75, 3.05) is 0 Å². The van der Waals surface area contributed by atoms with Gasteiger partial charge in [-0.25, -0.2) is 9.37 Å². The van der Waals surface area contributed by atoms with E-state index in [0.717, 1.165) is 22.4 Å². The largest absolute Gasteiger partial charge is 0.341 e. The second kappa shape index (κ2) is 5.84. The van der Waals surface area contributed by atoms with E-state index in [4.69, 9.17) is 11.6 Å². The quantitative estimate of drug-likeness (QED) is 0.758. The first-order chi connectivity index (χ1) is 10.1. The summed E-state index contributed by atoms with van der Waals surface area (Å²) in [4.78, 5) is 7.83. The molecular weight excluding hydrogens is 289 g/mol. The summed E-state index contributed by atoms with van der Waals surface area (Å²) in [5, 5.41) is 3.46. The topological polar surface area (TPSA) is 40.7 Å². The predicted octanol–water partition coefficient (Wildman–Crippen LogP) is 4.21. The molecule has 2 N–H and O–H groups in total. The Labute approximate surface area is 127 Å². The van der Waals surface area contributed by atoms with E-state index in [0.29, 0.717) is 6.54 Å². The van der Waals surface area contributed by atoms with E-state index in [1.165, 1.54) is 6.07 Å². The van der Waals surface area contributed by atoms with Crippen molar-refractivity contribution in [2.45, 2.75) is 19.5 Å². The van der Waals surface area contributed by atoms with E-state index < -0.39 is 5.82 Å². The molecule has 0 saturated heterocycles. The lowest BCUT2D eigenvalue weighted by Gasteiger charge is -2.11. The van der Waals surface area contributed by atoms with E-state index >= 15 is 0 Å². The number of aromatic nitrogens is 2. The first kappa shape index (κ1) is 14.0. The smallest absolute Gasteiger partial charge is 0.142 e. The molecule has 0 spiro atoms. The van der Waals surface area contributed by atoms with Crippen molar-refractivity contribution in [1.82, 2.24) is 15.3 Å². The molecule has 0 aliphatic heterocycles. The van der Waals surface area contributed by atoms with E-state index in [1.54, 1.807) is 6.07 Å². The van der Waals surface area contributed by atoms with Gasteiger partial charge >= 0.3 is 0 Å². The van der Waals surface area contributed by atoms with Crippen molar-refractivity contribution in [3.8, 4) is 0 Å². The molecule has 3 rings (SSSR count). The Hall–Kier alpha value is -1.91. The third-order valence-corrected chi connectivity index (χ3v) is 3.72. The van der Waals surface area contributed by atoms with Crippen LogP contribution >= 0.6 is 11.6 Å². The Morgan fingerprint density at radius 3 is 2.86 bits per heavy atom. The molecule has 5 heteroatoms. The number of fused-ring (bicyclic) bond motifs is 1. The van der Waals surface area contributed by atoms with Crippen molar-refractivity contribution in [3.05, 3.63) is 64.7 Å². The molecule has 0 aliphatic carbocycles. The average molecular weight is 304 g/mol. The Balaban J connectivity index is 1.70. The van der Waals surface area contributed by atoms with E-state index in [1.807, 2.05) is 37.3 Å². The summed E-state index contributed by atoms with van der Waals surface area (Å²) in [7, 11) is 0. The molecule has 1 heterocycles. The predicted molar refractivity (Wildman–Crippen MR) is 82.8 cm³/mol. The maximum atomic E-state index is 13.4. The third kappa shape index (κ3) is 3.06. The van der Waals surface area contributed by atoms with Crippen molar-refractivity contribution in [1.29, 1.82) is 0 Å². The minimum Gasteiger partial charge on any atom is -0.341 e. The van der Waals surface area contributed by atoms with Crippen LogP contribution in [-0.2, 0) is 6.54 Å². The molecule has 0 fully saturated rings. The fourth-order valence-corrected chi connectivity index (χ4v) is 2.31. The molecule has 0 saturated carbocycles. The third-order valence-electron chi connectivity index (χ3n) is 3.41. The zero-order valence-electron chi connectivity index (χ0n) is 11.5. The molecule has 3 nitrogen and oxygen atoms in total. The lowest BCUT2D eigenvalue weighted by atomic mass is 10.2. The van der Waals surface area contributed by atoms with Crippen LogP contribution in [-0.4, -0.2) is 9.97 Å². The van der Waals surface area contributed by atoms with Gasteiger partial charge in [-0.2, -0.15) is 0 Å². The normalized spacial score (nSPS) is 12.7. The SMILES string of the molecule is CC(NCc1ccc(Cl)c(F)c1)c1nc2ccccc2[nH]1. The van der Waals surface area contributed by atoms with E-state index in [2.05, 4.69) is 15.3 Å². The molecule has 0 amide bonds. The fourth-order valence-electron chi connectivity index (χ4n) is 2.19. The highest BCUT2D eigenvalue weighted by Gasteiger charge is 2.10. The van der Waals surface area contributed by atoms with Crippen LogP contribution in [0.15, 0.2) is 42.5 Å². The number of hydrogen-bond donors (Lipinski definition) is 2. The summed E-state index contributed by atoms with van der Waals surface area (Å²) in [5.74, 6) is 0.470. The number of rotatable bonds is 4. The molecule has 1 aromatic heterocycles. The minimum atomic E-state index is -0.396. The summed E-state index contributed by atoms with van der Waals surface area (Å²) in [5.41, 5.74) is 2.80. The average Bonchev–Trinajstić information content (AvgIpc) is 2.92. The lowest BCUT2D eigenvalue weighted by molar-refractivity contribution is 0.549. The molecule has 0 bridgehead atoms. The summed E-state index contributed by atoms with van der Waals surface area (Å²) in [6, 6.07) is 12.8. The zero-order chi connectivity index (χ0) is 14.8. The van der Waals surface area contributed by atoms with Gasteiger partial charge in [-0.15, -0.1) is 0 Å². The molecule has 3 aromatic rings. The molecule has 1 unspecified atom stereocenters. The minimum absolute atomic E-state index is 0.0381.